The molecule has 100 valence electrons. The molecule has 5 heteroatoms. The summed E-state index contributed by atoms with van der Waals surface area (Å²) in [6.07, 6.45) is 5.01. The third-order valence-corrected chi connectivity index (χ3v) is 4.58. The highest BCUT2D eigenvalue weighted by Gasteiger charge is 2.20. The van der Waals surface area contributed by atoms with Crippen molar-refractivity contribution < 1.29 is 8.42 Å². The van der Waals surface area contributed by atoms with Gasteiger partial charge in [-0.25, -0.2) is 13.6 Å². The summed E-state index contributed by atoms with van der Waals surface area (Å²) >= 11 is 0. The topological polar surface area (TPSA) is 72.2 Å². The second kappa shape index (κ2) is 5.28. The molecular formula is C13H20N2O2S. The highest BCUT2D eigenvalue weighted by Crippen LogP contribution is 2.27. The summed E-state index contributed by atoms with van der Waals surface area (Å²) in [5, 5.41) is 8.54. The van der Waals surface area contributed by atoms with Crippen LogP contribution >= 0.6 is 0 Å². The molecule has 3 N–H and O–H groups in total. The molecule has 0 spiro atoms. The first-order valence-corrected chi connectivity index (χ1v) is 7.91. The Bertz CT molecular complexity index is 496. The van der Waals surface area contributed by atoms with E-state index in [9.17, 15) is 8.42 Å². The highest BCUT2D eigenvalue weighted by atomic mass is 32.2. The Hall–Kier alpha value is -1.07. The summed E-state index contributed by atoms with van der Waals surface area (Å²) in [5.41, 5.74) is 0.959. The molecule has 1 saturated carbocycles. The van der Waals surface area contributed by atoms with Crippen molar-refractivity contribution >= 4 is 15.7 Å². The molecule has 0 radical (unpaired) electrons. The van der Waals surface area contributed by atoms with E-state index in [4.69, 9.17) is 5.14 Å². The van der Waals surface area contributed by atoms with Crippen LogP contribution in [-0.4, -0.2) is 14.5 Å². The first-order valence-electron chi connectivity index (χ1n) is 6.36. The van der Waals surface area contributed by atoms with E-state index in [1.54, 1.807) is 24.3 Å². The average molecular weight is 268 g/mol. The van der Waals surface area contributed by atoms with Gasteiger partial charge in [0, 0.05) is 11.7 Å². The second-order valence-corrected chi connectivity index (χ2v) is 6.64. The molecule has 0 bridgehead atoms. The molecule has 4 nitrogen and oxygen atoms in total. The normalized spacial score (nSPS) is 24.8. The van der Waals surface area contributed by atoms with Crippen LogP contribution in [0.2, 0.25) is 0 Å². The molecule has 1 fully saturated rings. The molecule has 0 aliphatic heterocycles. The van der Waals surface area contributed by atoms with Gasteiger partial charge >= 0.3 is 0 Å². The van der Waals surface area contributed by atoms with E-state index in [-0.39, 0.29) is 4.90 Å². The molecule has 18 heavy (non-hydrogen) atoms. The number of nitrogens with one attached hydrogen (secondary N) is 1. The Morgan fingerprint density at radius 1 is 1.17 bits per heavy atom. The molecular weight excluding hydrogens is 248 g/mol. The molecule has 1 aromatic rings. The van der Waals surface area contributed by atoms with E-state index in [0.29, 0.717) is 12.0 Å². The molecule has 2 rings (SSSR count). The van der Waals surface area contributed by atoms with Gasteiger partial charge in [-0.05, 0) is 43.0 Å². The van der Waals surface area contributed by atoms with Gasteiger partial charge < -0.3 is 5.32 Å². The van der Waals surface area contributed by atoms with Crippen molar-refractivity contribution in [1.29, 1.82) is 0 Å². The van der Waals surface area contributed by atoms with Crippen LogP contribution in [0.3, 0.4) is 0 Å². The van der Waals surface area contributed by atoms with Gasteiger partial charge in [0.05, 0.1) is 4.90 Å². The number of sulfonamides is 1. The number of primary sulfonamides is 1. The standard InChI is InChI=1S/C13H20N2O2S/c1-10-4-2-3-5-13(10)15-11-6-8-12(9-7-11)18(14,16)17/h6-10,13,15H,2-5H2,1H3,(H2,14,16,17). The van der Waals surface area contributed by atoms with E-state index in [1.807, 2.05) is 0 Å². The summed E-state index contributed by atoms with van der Waals surface area (Å²) < 4.78 is 22.3. The largest absolute Gasteiger partial charge is 0.382 e. The molecule has 0 saturated heterocycles. The first-order chi connectivity index (χ1) is 8.47. The molecule has 1 aliphatic carbocycles. The Labute approximate surface area is 109 Å². The lowest BCUT2D eigenvalue weighted by atomic mass is 9.86. The van der Waals surface area contributed by atoms with E-state index in [2.05, 4.69) is 12.2 Å². The van der Waals surface area contributed by atoms with Crippen LogP contribution in [0, 0.1) is 5.92 Å². The Morgan fingerprint density at radius 2 is 1.78 bits per heavy atom. The van der Waals surface area contributed by atoms with E-state index < -0.39 is 10.0 Å². The zero-order valence-electron chi connectivity index (χ0n) is 10.6. The predicted octanol–water partition coefficient (Wildman–Crippen LogP) is 2.32. The van der Waals surface area contributed by atoms with Gasteiger partial charge in [0.2, 0.25) is 10.0 Å². The van der Waals surface area contributed by atoms with Crippen molar-refractivity contribution in [3.05, 3.63) is 24.3 Å². The fourth-order valence-electron chi connectivity index (χ4n) is 2.49. The van der Waals surface area contributed by atoms with Crippen molar-refractivity contribution in [2.24, 2.45) is 11.1 Å². The number of hydrogen-bond donors (Lipinski definition) is 2. The Kier molecular flexibility index (Phi) is 3.92. The minimum absolute atomic E-state index is 0.157. The van der Waals surface area contributed by atoms with Crippen LogP contribution in [0.15, 0.2) is 29.2 Å². The zero-order chi connectivity index (χ0) is 13.2. The SMILES string of the molecule is CC1CCCCC1Nc1ccc(S(N)(=O)=O)cc1. The van der Waals surface area contributed by atoms with Crippen molar-refractivity contribution in [1.82, 2.24) is 0 Å². The lowest BCUT2D eigenvalue weighted by Gasteiger charge is -2.30. The number of hydrogen-bond acceptors (Lipinski definition) is 3. The van der Waals surface area contributed by atoms with Crippen LogP contribution in [0.25, 0.3) is 0 Å². The van der Waals surface area contributed by atoms with E-state index in [0.717, 1.165) is 5.69 Å². The van der Waals surface area contributed by atoms with Gasteiger partial charge in [-0.2, -0.15) is 0 Å². The summed E-state index contributed by atoms with van der Waals surface area (Å²) in [4.78, 5) is 0.157. The summed E-state index contributed by atoms with van der Waals surface area (Å²) in [6, 6.07) is 7.14. The van der Waals surface area contributed by atoms with Gasteiger partial charge in [0.1, 0.15) is 0 Å². The van der Waals surface area contributed by atoms with Crippen molar-refractivity contribution in [3.63, 3.8) is 0 Å². The quantitative estimate of drug-likeness (QED) is 0.883. The smallest absolute Gasteiger partial charge is 0.238 e. The van der Waals surface area contributed by atoms with Gasteiger partial charge in [-0.1, -0.05) is 19.8 Å². The number of benzene rings is 1. The van der Waals surface area contributed by atoms with Gasteiger partial charge in [0.15, 0.2) is 0 Å². The monoisotopic (exact) mass is 268 g/mol. The maximum atomic E-state index is 11.1. The number of nitrogens with two attached hydrogens (primary N) is 1. The van der Waals surface area contributed by atoms with Crippen molar-refractivity contribution in [2.45, 2.75) is 43.5 Å². The van der Waals surface area contributed by atoms with Crippen molar-refractivity contribution in [3.8, 4) is 0 Å². The van der Waals surface area contributed by atoms with Crippen LogP contribution < -0.4 is 10.5 Å². The molecule has 1 aliphatic rings. The Balaban J connectivity index is 2.06. The summed E-state index contributed by atoms with van der Waals surface area (Å²) in [5.74, 6) is 0.664. The zero-order valence-corrected chi connectivity index (χ0v) is 11.4. The van der Waals surface area contributed by atoms with Gasteiger partial charge in [0.25, 0.3) is 0 Å². The van der Waals surface area contributed by atoms with E-state index >= 15 is 0 Å². The molecule has 2 unspecified atom stereocenters. The maximum Gasteiger partial charge on any atom is 0.238 e. The van der Waals surface area contributed by atoms with Crippen LogP contribution in [0.1, 0.15) is 32.6 Å². The minimum atomic E-state index is -3.59. The third kappa shape index (κ3) is 3.23. The third-order valence-electron chi connectivity index (χ3n) is 3.65. The van der Waals surface area contributed by atoms with Gasteiger partial charge in [-0.15, -0.1) is 0 Å². The average Bonchev–Trinajstić information content (AvgIpc) is 2.32. The van der Waals surface area contributed by atoms with Crippen molar-refractivity contribution in [2.75, 3.05) is 5.32 Å². The fourth-order valence-corrected chi connectivity index (χ4v) is 3.00. The highest BCUT2D eigenvalue weighted by molar-refractivity contribution is 7.89. The number of rotatable bonds is 3. The van der Waals surface area contributed by atoms with Crippen LogP contribution in [-0.2, 0) is 10.0 Å². The molecule has 0 heterocycles. The maximum absolute atomic E-state index is 11.1. The number of anilines is 1. The second-order valence-electron chi connectivity index (χ2n) is 5.08. The molecule has 1 aromatic carbocycles. The minimum Gasteiger partial charge on any atom is -0.382 e. The van der Waals surface area contributed by atoms with Crippen LogP contribution in [0.4, 0.5) is 5.69 Å². The lowest BCUT2D eigenvalue weighted by molar-refractivity contribution is 0.349. The summed E-state index contributed by atoms with van der Waals surface area (Å²) in [6.45, 7) is 2.26. The van der Waals surface area contributed by atoms with Gasteiger partial charge in [-0.3, -0.25) is 0 Å². The molecule has 2 atom stereocenters. The Morgan fingerprint density at radius 3 is 2.33 bits per heavy atom. The van der Waals surface area contributed by atoms with Crippen LogP contribution in [0.5, 0.6) is 0 Å². The predicted molar refractivity (Wildman–Crippen MR) is 72.9 cm³/mol. The molecule has 0 amide bonds. The van der Waals surface area contributed by atoms with E-state index in [1.165, 1.54) is 25.7 Å². The molecule has 0 aromatic heterocycles. The summed E-state index contributed by atoms with van der Waals surface area (Å²) in [7, 11) is -3.59. The first kappa shape index (κ1) is 13.4. The lowest BCUT2D eigenvalue weighted by Crippen LogP contribution is -2.30. The fraction of sp³-hybridized carbons (Fsp3) is 0.538.